The number of carbonyl (C=O) groups is 1. The van der Waals surface area contributed by atoms with E-state index in [2.05, 4.69) is 37.0 Å². The fourth-order valence-electron chi connectivity index (χ4n) is 3.19. The van der Waals surface area contributed by atoms with Gasteiger partial charge in [-0.3, -0.25) is 4.79 Å². The van der Waals surface area contributed by atoms with Gasteiger partial charge in [-0.1, -0.05) is 50.2 Å². The van der Waals surface area contributed by atoms with Crippen LogP contribution in [0.4, 0.5) is 0 Å². The van der Waals surface area contributed by atoms with E-state index in [4.69, 9.17) is 14.4 Å². The molecule has 0 unspecified atom stereocenters. The Balaban J connectivity index is 1.86. The van der Waals surface area contributed by atoms with Crippen molar-refractivity contribution in [3.63, 3.8) is 0 Å². The minimum absolute atomic E-state index is 0.0166. The first-order chi connectivity index (χ1) is 14.3. The van der Waals surface area contributed by atoms with Crippen molar-refractivity contribution in [2.24, 2.45) is 0 Å². The second-order valence-corrected chi connectivity index (χ2v) is 8.31. The van der Waals surface area contributed by atoms with Gasteiger partial charge in [0.2, 0.25) is 5.82 Å². The average Bonchev–Trinajstić information content (AvgIpc) is 3.21. The molecule has 0 saturated heterocycles. The van der Waals surface area contributed by atoms with E-state index in [1.807, 2.05) is 12.1 Å². The first-order valence-corrected chi connectivity index (χ1v) is 10.1. The van der Waals surface area contributed by atoms with Crippen molar-refractivity contribution in [1.82, 2.24) is 10.1 Å². The molecule has 0 bridgehead atoms. The van der Waals surface area contributed by atoms with E-state index in [1.165, 1.54) is 6.92 Å². The highest BCUT2D eigenvalue weighted by Gasteiger charge is 2.20. The first kappa shape index (κ1) is 21.9. The van der Waals surface area contributed by atoms with Crippen molar-refractivity contribution < 1.29 is 19.2 Å². The third-order valence-corrected chi connectivity index (χ3v) is 4.84. The topological polar surface area (TPSA) is 85.5 Å². The summed E-state index contributed by atoms with van der Waals surface area (Å²) in [6.07, 6.45) is 0.627. The zero-order chi connectivity index (χ0) is 21.7. The SMILES string of the molecule is CC(=O)c1ccc(-c2nc(-c3ccc(COCCCO)c(C(C)(C)C)c3)no2)cc1. The lowest BCUT2D eigenvalue weighted by Gasteiger charge is -2.23. The lowest BCUT2D eigenvalue weighted by Crippen LogP contribution is -2.15. The number of benzene rings is 2. The summed E-state index contributed by atoms with van der Waals surface area (Å²) in [7, 11) is 0. The highest BCUT2D eigenvalue weighted by atomic mass is 16.5. The Hall–Kier alpha value is -2.83. The number of rotatable bonds is 8. The molecule has 0 saturated carbocycles. The fraction of sp³-hybridized carbons (Fsp3) is 0.375. The zero-order valence-electron chi connectivity index (χ0n) is 17.9. The summed E-state index contributed by atoms with van der Waals surface area (Å²) in [5.74, 6) is 0.940. The molecule has 0 atom stereocenters. The van der Waals surface area contributed by atoms with Gasteiger partial charge in [0, 0.05) is 29.9 Å². The summed E-state index contributed by atoms with van der Waals surface area (Å²) in [4.78, 5) is 16.0. The van der Waals surface area contributed by atoms with Crippen LogP contribution in [0.3, 0.4) is 0 Å². The van der Waals surface area contributed by atoms with Gasteiger partial charge in [-0.25, -0.2) is 0 Å². The molecule has 0 aliphatic carbocycles. The van der Waals surface area contributed by atoms with Gasteiger partial charge in [-0.15, -0.1) is 0 Å². The number of nitrogens with zero attached hydrogens (tertiary/aromatic N) is 2. The van der Waals surface area contributed by atoms with Crippen LogP contribution in [0.1, 0.15) is 55.6 Å². The van der Waals surface area contributed by atoms with Gasteiger partial charge in [0.25, 0.3) is 5.89 Å². The Bertz CT molecular complexity index is 1000. The van der Waals surface area contributed by atoms with E-state index in [0.717, 1.165) is 22.3 Å². The monoisotopic (exact) mass is 408 g/mol. The summed E-state index contributed by atoms with van der Waals surface area (Å²) < 4.78 is 11.2. The molecule has 0 amide bonds. The zero-order valence-corrected chi connectivity index (χ0v) is 17.9. The number of ketones is 1. The molecule has 0 aliphatic rings. The largest absolute Gasteiger partial charge is 0.396 e. The molecular weight excluding hydrogens is 380 g/mol. The predicted molar refractivity (Wildman–Crippen MR) is 115 cm³/mol. The Morgan fingerprint density at radius 3 is 2.43 bits per heavy atom. The van der Waals surface area contributed by atoms with Gasteiger partial charge >= 0.3 is 0 Å². The van der Waals surface area contributed by atoms with Gasteiger partial charge < -0.3 is 14.4 Å². The van der Waals surface area contributed by atoms with E-state index < -0.39 is 0 Å². The number of ether oxygens (including phenoxy) is 1. The molecule has 0 aliphatic heterocycles. The maximum Gasteiger partial charge on any atom is 0.258 e. The van der Waals surface area contributed by atoms with Crippen LogP contribution in [0.15, 0.2) is 47.0 Å². The van der Waals surface area contributed by atoms with Crippen LogP contribution in [-0.4, -0.2) is 34.2 Å². The highest BCUT2D eigenvalue weighted by Crippen LogP contribution is 2.31. The molecule has 1 heterocycles. The van der Waals surface area contributed by atoms with E-state index in [9.17, 15) is 4.79 Å². The highest BCUT2D eigenvalue weighted by molar-refractivity contribution is 5.94. The lowest BCUT2D eigenvalue weighted by atomic mass is 9.83. The van der Waals surface area contributed by atoms with Crippen molar-refractivity contribution in [2.75, 3.05) is 13.2 Å². The van der Waals surface area contributed by atoms with Gasteiger partial charge in [-0.2, -0.15) is 4.98 Å². The number of carbonyl (C=O) groups excluding carboxylic acids is 1. The first-order valence-electron chi connectivity index (χ1n) is 10.1. The maximum atomic E-state index is 11.4. The fourth-order valence-corrected chi connectivity index (χ4v) is 3.19. The summed E-state index contributed by atoms with van der Waals surface area (Å²) >= 11 is 0. The number of hydrogen-bond donors (Lipinski definition) is 1. The third kappa shape index (κ3) is 5.20. The smallest absolute Gasteiger partial charge is 0.258 e. The molecule has 3 rings (SSSR count). The van der Waals surface area contributed by atoms with Gasteiger partial charge in [0.05, 0.1) is 6.61 Å². The molecule has 0 radical (unpaired) electrons. The maximum absolute atomic E-state index is 11.4. The van der Waals surface area contributed by atoms with E-state index in [0.29, 0.717) is 36.9 Å². The molecular formula is C24H28N2O4. The van der Waals surface area contributed by atoms with Crippen LogP contribution in [0.5, 0.6) is 0 Å². The van der Waals surface area contributed by atoms with Crippen LogP contribution in [0.2, 0.25) is 0 Å². The molecule has 0 fully saturated rings. The average molecular weight is 408 g/mol. The van der Waals surface area contributed by atoms with E-state index in [-0.39, 0.29) is 17.8 Å². The van der Waals surface area contributed by atoms with E-state index >= 15 is 0 Å². The molecule has 2 aromatic carbocycles. The van der Waals surface area contributed by atoms with Crippen LogP contribution in [0, 0.1) is 0 Å². The second-order valence-electron chi connectivity index (χ2n) is 8.31. The molecule has 158 valence electrons. The number of aliphatic hydroxyl groups is 1. The Morgan fingerprint density at radius 1 is 1.10 bits per heavy atom. The van der Waals surface area contributed by atoms with E-state index in [1.54, 1.807) is 24.3 Å². The second kappa shape index (κ2) is 9.32. The quantitative estimate of drug-likeness (QED) is 0.425. The van der Waals surface area contributed by atoms with Crippen LogP contribution in [0.25, 0.3) is 22.8 Å². The molecule has 1 N–H and O–H groups in total. The van der Waals surface area contributed by atoms with Crippen molar-refractivity contribution in [1.29, 1.82) is 0 Å². The van der Waals surface area contributed by atoms with Crippen molar-refractivity contribution in [3.05, 3.63) is 59.2 Å². The number of hydrogen-bond acceptors (Lipinski definition) is 6. The number of aliphatic hydroxyl groups excluding tert-OH is 1. The summed E-state index contributed by atoms with van der Waals surface area (Å²) in [5.41, 5.74) is 4.46. The molecule has 30 heavy (non-hydrogen) atoms. The standard InChI is InChI=1S/C24H28N2O4/c1-16(28)17-6-8-18(9-7-17)23-25-22(26-30-23)19-10-11-20(15-29-13-5-12-27)21(14-19)24(2,3)4/h6-11,14,27H,5,12-13,15H2,1-4H3. The van der Waals surface area contributed by atoms with Crippen LogP contribution in [-0.2, 0) is 16.8 Å². The van der Waals surface area contributed by atoms with Crippen LogP contribution >= 0.6 is 0 Å². The minimum Gasteiger partial charge on any atom is -0.396 e. The lowest BCUT2D eigenvalue weighted by molar-refractivity contribution is 0.101. The number of Topliss-reactive ketones (excluding diaryl/α,β-unsaturated/α-hetero) is 1. The number of aromatic nitrogens is 2. The summed E-state index contributed by atoms with van der Waals surface area (Å²) in [6, 6.07) is 13.2. The van der Waals surface area contributed by atoms with Crippen LogP contribution < -0.4 is 0 Å². The Morgan fingerprint density at radius 2 is 1.80 bits per heavy atom. The predicted octanol–water partition coefficient (Wildman–Crippen LogP) is 4.80. The van der Waals surface area contributed by atoms with Crippen molar-refractivity contribution in [3.8, 4) is 22.8 Å². The van der Waals surface area contributed by atoms with Gasteiger partial charge in [0.15, 0.2) is 5.78 Å². The molecule has 1 aromatic heterocycles. The molecule has 3 aromatic rings. The minimum atomic E-state index is -0.0826. The summed E-state index contributed by atoms with van der Waals surface area (Å²) in [5, 5.41) is 13.1. The van der Waals surface area contributed by atoms with Gasteiger partial charge in [-0.05, 0) is 48.1 Å². The van der Waals surface area contributed by atoms with Gasteiger partial charge in [0.1, 0.15) is 0 Å². The Labute approximate surface area is 176 Å². The normalized spacial score (nSPS) is 11.6. The summed E-state index contributed by atoms with van der Waals surface area (Å²) in [6.45, 7) is 9.15. The van der Waals surface area contributed by atoms with Crippen molar-refractivity contribution >= 4 is 5.78 Å². The van der Waals surface area contributed by atoms with Crippen molar-refractivity contribution in [2.45, 2.75) is 46.1 Å². The molecule has 0 spiro atoms. The molecule has 6 heteroatoms. The third-order valence-electron chi connectivity index (χ3n) is 4.84. The molecule has 6 nitrogen and oxygen atoms in total. The Kier molecular flexibility index (Phi) is 6.80.